The Balaban J connectivity index is 2.14. The molecule has 0 aliphatic heterocycles. The lowest BCUT2D eigenvalue weighted by atomic mass is 10.1. The van der Waals surface area contributed by atoms with Crippen LogP contribution in [0, 0.1) is 6.92 Å². The third-order valence-corrected chi connectivity index (χ3v) is 4.53. The van der Waals surface area contributed by atoms with E-state index >= 15 is 0 Å². The van der Waals surface area contributed by atoms with E-state index in [1.807, 2.05) is 0 Å². The van der Waals surface area contributed by atoms with Crippen molar-refractivity contribution in [2.75, 3.05) is 5.32 Å². The van der Waals surface area contributed by atoms with Crippen LogP contribution in [0.3, 0.4) is 0 Å². The Kier molecular flexibility index (Phi) is 4.60. The van der Waals surface area contributed by atoms with Gasteiger partial charge in [-0.25, -0.2) is 9.78 Å². The first kappa shape index (κ1) is 18.2. The first-order valence-corrected chi connectivity index (χ1v) is 8.29. The van der Waals surface area contributed by atoms with Gasteiger partial charge in [0.1, 0.15) is 5.65 Å². The minimum atomic E-state index is -0.506. The fourth-order valence-corrected chi connectivity index (χ4v) is 3.25. The standard InChI is InChI=1S/C17H14Cl2N4O3/c1-8-12(15(24)21-11-5-9(18)4-10(19)6-11)7-20-14-13(8)16(25)23(3)17(26)22(14)2/h4-7H,1-3H3,(H,21,24). The van der Waals surface area contributed by atoms with Crippen molar-refractivity contribution in [1.29, 1.82) is 0 Å². The molecule has 2 heterocycles. The smallest absolute Gasteiger partial charge is 0.322 e. The molecule has 7 nitrogen and oxygen atoms in total. The molecule has 0 saturated heterocycles. The maximum atomic E-state index is 12.6. The van der Waals surface area contributed by atoms with Crippen LogP contribution < -0.4 is 16.6 Å². The van der Waals surface area contributed by atoms with E-state index in [2.05, 4.69) is 10.3 Å². The number of nitrogens with zero attached hydrogens (tertiary/aromatic N) is 3. The molecule has 0 aliphatic carbocycles. The average molecular weight is 393 g/mol. The maximum Gasteiger partial charge on any atom is 0.332 e. The Morgan fingerprint density at radius 3 is 2.31 bits per heavy atom. The average Bonchev–Trinajstić information content (AvgIpc) is 2.56. The number of aromatic nitrogens is 3. The van der Waals surface area contributed by atoms with E-state index in [1.165, 1.54) is 24.9 Å². The summed E-state index contributed by atoms with van der Waals surface area (Å²) in [7, 11) is 2.90. The van der Waals surface area contributed by atoms with Crippen molar-refractivity contribution < 1.29 is 4.79 Å². The predicted molar refractivity (Wildman–Crippen MR) is 101 cm³/mol. The summed E-state index contributed by atoms with van der Waals surface area (Å²) in [4.78, 5) is 41.3. The second-order valence-corrected chi connectivity index (χ2v) is 6.69. The van der Waals surface area contributed by atoms with Crippen LogP contribution in [0.1, 0.15) is 15.9 Å². The number of anilines is 1. The van der Waals surface area contributed by atoms with Gasteiger partial charge in [0.05, 0.1) is 10.9 Å². The monoisotopic (exact) mass is 392 g/mol. The SMILES string of the molecule is Cc1c(C(=O)Nc2cc(Cl)cc(Cl)c2)cnc2c1c(=O)n(C)c(=O)n2C. The molecule has 26 heavy (non-hydrogen) atoms. The quantitative estimate of drug-likeness (QED) is 0.725. The summed E-state index contributed by atoms with van der Waals surface area (Å²) in [5.41, 5.74) is 0.285. The van der Waals surface area contributed by atoms with E-state index in [1.54, 1.807) is 25.1 Å². The molecule has 0 bridgehead atoms. The summed E-state index contributed by atoms with van der Waals surface area (Å²) < 4.78 is 2.25. The van der Waals surface area contributed by atoms with Gasteiger partial charge in [-0.3, -0.25) is 18.7 Å². The van der Waals surface area contributed by atoms with Crippen molar-refractivity contribution >= 4 is 45.8 Å². The van der Waals surface area contributed by atoms with Crippen molar-refractivity contribution in [1.82, 2.24) is 14.1 Å². The van der Waals surface area contributed by atoms with Gasteiger partial charge in [0.15, 0.2) is 0 Å². The van der Waals surface area contributed by atoms with Gasteiger partial charge in [-0.2, -0.15) is 0 Å². The van der Waals surface area contributed by atoms with Gasteiger partial charge < -0.3 is 5.32 Å². The zero-order valence-electron chi connectivity index (χ0n) is 14.1. The molecule has 0 aliphatic rings. The lowest BCUT2D eigenvalue weighted by molar-refractivity contribution is 0.102. The van der Waals surface area contributed by atoms with Gasteiger partial charge in [-0.05, 0) is 30.7 Å². The Morgan fingerprint density at radius 1 is 1.08 bits per heavy atom. The Morgan fingerprint density at radius 2 is 1.69 bits per heavy atom. The van der Waals surface area contributed by atoms with E-state index < -0.39 is 17.2 Å². The molecule has 3 rings (SSSR count). The number of hydrogen-bond acceptors (Lipinski definition) is 4. The number of fused-ring (bicyclic) bond motifs is 1. The van der Waals surface area contributed by atoms with Gasteiger partial charge in [0, 0.05) is 36.0 Å². The van der Waals surface area contributed by atoms with Gasteiger partial charge in [0.25, 0.3) is 11.5 Å². The van der Waals surface area contributed by atoms with Crippen LogP contribution >= 0.6 is 23.2 Å². The van der Waals surface area contributed by atoms with Crippen molar-refractivity contribution in [2.24, 2.45) is 14.1 Å². The van der Waals surface area contributed by atoms with Crippen molar-refractivity contribution in [3.05, 3.63) is 66.4 Å². The molecule has 0 radical (unpaired) electrons. The second-order valence-electron chi connectivity index (χ2n) is 5.81. The molecule has 9 heteroatoms. The number of nitrogens with one attached hydrogen (secondary N) is 1. The third kappa shape index (κ3) is 3.00. The largest absolute Gasteiger partial charge is 0.332 e. The molecule has 0 spiro atoms. The van der Waals surface area contributed by atoms with Gasteiger partial charge in [-0.15, -0.1) is 0 Å². The third-order valence-electron chi connectivity index (χ3n) is 4.09. The first-order chi connectivity index (χ1) is 12.2. The number of halogens is 2. The summed E-state index contributed by atoms with van der Waals surface area (Å²) in [6.45, 7) is 1.63. The van der Waals surface area contributed by atoms with E-state index in [-0.39, 0.29) is 16.6 Å². The van der Waals surface area contributed by atoms with Gasteiger partial charge in [0.2, 0.25) is 0 Å². The second kappa shape index (κ2) is 6.59. The Hall–Kier alpha value is -2.64. The molecule has 2 aromatic heterocycles. The molecule has 1 N–H and O–H groups in total. The molecular formula is C17H14Cl2N4O3. The number of hydrogen-bond donors (Lipinski definition) is 1. The molecule has 134 valence electrons. The summed E-state index contributed by atoms with van der Waals surface area (Å²) in [5, 5.41) is 3.65. The van der Waals surface area contributed by atoms with Crippen LogP contribution in [0.4, 0.5) is 5.69 Å². The van der Waals surface area contributed by atoms with Crippen LogP contribution in [0.2, 0.25) is 10.0 Å². The minimum Gasteiger partial charge on any atom is -0.322 e. The molecule has 0 saturated carbocycles. The number of pyridine rings is 1. The van der Waals surface area contributed by atoms with Crippen LogP contribution in [-0.2, 0) is 14.1 Å². The van der Waals surface area contributed by atoms with Gasteiger partial charge in [-0.1, -0.05) is 23.2 Å². The lowest BCUT2D eigenvalue weighted by Gasteiger charge is -2.12. The Bertz CT molecular complexity index is 1160. The highest BCUT2D eigenvalue weighted by atomic mass is 35.5. The summed E-state index contributed by atoms with van der Waals surface area (Å²) in [5.74, 6) is -0.467. The first-order valence-electron chi connectivity index (χ1n) is 7.53. The van der Waals surface area contributed by atoms with Crippen LogP contribution in [0.25, 0.3) is 11.0 Å². The fraction of sp³-hybridized carbons (Fsp3) is 0.176. The molecular weight excluding hydrogens is 379 g/mol. The van der Waals surface area contributed by atoms with E-state index in [0.717, 1.165) is 4.57 Å². The number of rotatable bonds is 2. The van der Waals surface area contributed by atoms with Crippen LogP contribution in [0.5, 0.6) is 0 Å². The minimum absolute atomic E-state index is 0.212. The van der Waals surface area contributed by atoms with Crippen molar-refractivity contribution in [3.63, 3.8) is 0 Å². The highest BCUT2D eigenvalue weighted by Gasteiger charge is 2.18. The summed E-state index contributed by atoms with van der Waals surface area (Å²) >= 11 is 11.9. The van der Waals surface area contributed by atoms with Crippen LogP contribution in [-0.4, -0.2) is 20.0 Å². The normalized spacial score (nSPS) is 11.0. The lowest BCUT2D eigenvalue weighted by Crippen LogP contribution is -2.38. The molecule has 0 atom stereocenters. The molecule has 1 aromatic carbocycles. The zero-order valence-corrected chi connectivity index (χ0v) is 15.6. The molecule has 1 amide bonds. The van der Waals surface area contributed by atoms with E-state index in [4.69, 9.17) is 23.2 Å². The number of benzene rings is 1. The number of carbonyl (C=O) groups is 1. The highest BCUT2D eigenvalue weighted by molar-refractivity contribution is 6.35. The topological polar surface area (TPSA) is 86.0 Å². The molecule has 0 fully saturated rings. The van der Waals surface area contributed by atoms with Crippen LogP contribution in [0.15, 0.2) is 34.0 Å². The van der Waals surface area contributed by atoms with E-state index in [0.29, 0.717) is 21.3 Å². The predicted octanol–water partition coefficient (Wildman–Crippen LogP) is 2.50. The number of aryl methyl sites for hydroxylation is 2. The highest BCUT2D eigenvalue weighted by Crippen LogP contribution is 2.23. The zero-order chi connectivity index (χ0) is 19.2. The van der Waals surface area contributed by atoms with E-state index in [9.17, 15) is 14.4 Å². The van der Waals surface area contributed by atoms with Crippen molar-refractivity contribution in [2.45, 2.75) is 6.92 Å². The summed E-state index contributed by atoms with van der Waals surface area (Å²) in [6, 6.07) is 4.65. The van der Waals surface area contributed by atoms with Gasteiger partial charge >= 0.3 is 5.69 Å². The molecule has 0 unspecified atom stereocenters. The fourth-order valence-electron chi connectivity index (χ4n) is 2.72. The Labute approximate surface area is 157 Å². The number of amides is 1. The van der Waals surface area contributed by atoms with Crippen molar-refractivity contribution in [3.8, 4) is 0 Å². The number of carbonyl (C=O) groups excluding carboxylic acids is 1. The summed E-state index contributed by atoms with van der Waals surface area (Å²) in [6.07, 6.45) is 1.33. The maximum absolute atomic E-state index is 12.6. The molecule has 3 aromatic rings.